The van der Waals surface area contributed by atoms with Gasteiger partial charge in [0.25, 0.3) is 5.92 Å². The quantitative estimate of drug-likeness (QED) is 0.570. The van der Waals surface area contributed by atoms with Gasteiger partial charge < -0.3 is 9.64 Å². The van der Waals surface area contributed by atoms with Gasteiger partial charge in [-0.1, -0.05) is 6.07 Å². The van der Waals surface area contributed by atoms with Crippen molar-refractivity contribution in [2.24, 2.45) is 7.05 Å². The first-order valence-corrected chi connectivity index (χ1v) is 9.01. The molecule has 1 aliphatic rings. The zero-order valence-electron chi connectivity index (χ0n) is 16.0. The monoisotopic (exact) mass is 442 g/mol. The van der Waals surface area contributed by atoms with Gasteiger partial charge >= 0.3 is 12.3 Å². The third-order valence-corrected chi connectivity index (χ3v) is 4.94. The Bertz CT molecular complexity index is 1230. The summed E-state index contributed by atoms with van der Waals surface area (Å²) in [6.45, 7) is -5.11. The van der Waals surface area contributed by atoms with Crippen LogP contribution in [-0.4, -0.2) is 50.5 Å². The number of carbonyl (C=O) groups is 1. The lowest BCUT2D eigenvalue weighted by Gasteiger charge is -2.38. The van der Waals surface area contributed by atoms with E-state index >= 15 is 0 Å². The van der Waals surface area contributed by atoms with Gasteiger partial charge in [0.15, 0.2) is 17.2 Å². The van der Waals surface area contributed by atoms with Crippen molar-refractivity contribution in [1.82, 2.24) is 19.0 Å². The Morgan fingerprint density at radius 3 is 2.58 bits per heavy atom. The molecule has 0 atom stereocenters. The molecule has 0 radical (unpaired) electrons. The number of benzene rings is 1. The maximum Gasteiger partial charge on any atom is 0.387 e. The van der Waals surface area contributed by atoms with Crippen LogP contribution in [0.25, 0.3) is 22.3 Å². The Morgan fingerprint density at radius 2 is 1.94 bits per heavy atom. The highest BCUT2D eigenvalue weighted by molar-refractivity contribution is 5.82. The first-order valence-electron chi connectivity index (χ1n) is 9.01. The van der Waals surface area contributed by atoms with Gasteiger partial charge in [-0.2, -0.15) is 8.78 Å². The number of fused-ring (bicyclic) bond motifs is 1. The highest BCUT2D eigenvalue weighted by atomic mass is 19.3. The molecule has 0 spiro atoms. The van der Waals surface area contributed by atoms with Crippen LogP contribution in [0.4, 0.5) is 22.0 Å². The lowest BCUT2D eigenvalue weighted by Crippen LogP contribution is -2.59. The van der Waals surface area contributed by atoms with Crippen LogP contribution in [0.1, 0.15) is 0 Å². The number of pyridine rings is 1. The number of nitrogens with zero attached hydrogens (tertiary/aromatic N) is 4. The number of carbonyl (C=O) groups excluding carboxylic acids is 1. The molecular formula is C19H15F5N4O3. The molecule has 1 fully saturated rings. The highest BCUT2D eigenvalue weighted by Gasteiger charge is 2.46. The number of rotatable bonds is 5. The minimum atomic E-state index is -3.22. The molecule has 0 N–H and O–H groups in total. The molecule has 12 heteroatoms. The van der Waals surface area contributed by atoms with E-state index in [9.17, 15) is 31.5 Å². The van der Waals surface area contributed by atoms with E-state index in [1.165, 1.54) is 29.9 Å². The van der Waals surface area contributed by atoms with Crippen molar-refractivity contribution >= 4 is 17.1 Å². The minimum Gasteiger partial charge on any atom is -0.432 e. The molecule has 0 aliphatic carbocycles. The van der Waals surface area contributed by atoms with Crippen molar-refractivity contribution in [2.45, 2.75) is 19.1 Å². The molecule has 7 nitrogen and oxygen atoms in total. The minimum absolute atomic E-state index is 0.224. The van der Waals surface area contributed by atoms with E-state index < -0.39 is 55.3 Å². The number of hydrogen-bond donors (Lipinski definition) is 0. The van der Waals surface area contributed by atoms with Gasteiger partial charge in [-0.3, -0.25) is 13.9 Å². The van der Waals surface area contributed by atoms with Gasteiger partial charge in [0.05, 0.1) is 18.6 Å². The third-order valence-electron chi connectivity index (χ3n) is 4.94. The molecule has 0 unspecified atom stereocenters. The summed E-state index contributed by atoms with van der Waals surface area (Å²) in [7, 11) is 1.43. The number of ether oxygens (including phenoxy) is 1. The first kappa shape index (κ1) is 20.8. The first-order chi connectivity index (χ1) is 14.6. The topological polar surface area (TPSA) is 69.4 Å². The van der Waals surface area contributed by atoms with Gasteiger partial charge in [-0.25, -0.2) is 22.9 Å². The van der Waals surface area contributed by atoms with Crippen molar-refractivity contribution in [2.75, 3.05) is 13.1 Å². The summed E-state index contributed by atoms with van der Waals surface area (Å²) in [5.41, 5.74) is 0.492. The van der Waals surface area contributed by atoms with Crippen LogP contribution >= 0.6 is 0 Å². The molecular weight excluding hydrogens is 427 g/mol. The molecule has 4 rings (SSSR count). The Morgan fingerprint density at radius 1 is 1.23 bits per heavy atom. The van der Waals surface area contributed by atoms with Crippen LogP contribution in [0.5, 0.6) is 5.75 Å². The van der Waals surface area contributed by atoms with Crippen LogP contribution in [0.15, 0.2) is 35.3 Å². The number of halogens is 5. The second-order valence-electron chi connectivity index (χ2n) is 7.12. The molecule has 1 aromatic carbocycles. The Kier molecular flexibility index (Phi) is 4.94. The van der Waals surface area contributed by atoms with Crippen LogP contribution in [0.3, 0.4) is 0 Å². The van der Waals surface area contributed by atoms with E-state index in [0.29, 0.717) is 5.56 Å². The number of aromatic nitrogens is 3. The van der Waals surface area contributed by atoms with Crippen LogP contribution in [0.2, 0.25) is 0 Å². The van der Waals surface area contributed by atoms with E-state index in [1.54, 1.807) is 0 Å². The molecule has 1 amide bonds. The van der Waals surface area contributed by atoms with Gasteiger partial charge in [0.2, 0.25) is 5.91 Å². The van der Waals surface area contributed by atoms with E-state index in [0.717, 1.165) is 21.6 Å². The van der Waals surface area contributed by atoms with E-state index in [-0.39, 0.29) is 16.7 Å². The van der Waals surface area contributed by atoms with Gasteiger partial charge in [-0.05, 0) is 23.8 Å². The van der Waals surface area contributed by atoms with Crippen molar-refractivity contribution in [3.05, 3.63) is 46.8 Å². The van der Waals surface area contributed by atoms with Crippen molar-refractivity contribution in [3.8, 4) is 16.9 Å². The normalized spacial score (nSPS) is 15.4. The lowest BCUT2D eigenvalue weighted by molar-refractivity contribution is -0.166. The Labute approximate surface area is 171 Å². The molecule has 0 saturated carbocycles. The average molecular weight is 442 g/mol. The van der Waals surface area contributed by atoms with Crippen molar-refractivity contribution in [1.29, 1.82) is 0 Å². The number of hydrogen-bond acceptors (Lipinski definition) is 4. The molecule has 164 valence electrons. The standard InChI is InChI=1S/C19H15F5N4O3/c1-26-16-13(28(18(26)30)7-15(29)27-8-19(23,24)9-27)4-11(6-25-16)10-2-3-12(20)14(5-10)31-17(21)22/h2-6,17H,7-9H2,1H3. The highest BCUT2D eigenvalue weighted by Crippen LogP contribution is 2.29. The summed E-state index contributed by atoms with van der Waals surface area (Å²) in [5, 5.41) is 0. The molecule has 0 bridgehead atoms. The molecule has 31 heavy (non-hydrogen) atoms. The number of alkyl halides is 4. The summed E-state index contributed by atoms with van der Waals surface area (Å²) in [4.78, 5) is 30.0. The fourth-order valence-corrected chi connectivity index (χ4v) is 3.38. The van der Waals surface area contributed by atoms with Crippen molar-refractivity contribution < 1.29 is 31.5 Å². The second-order valence-corrected chi connectivity index (χ2v) is 7.12. The van der Waals surface area contributed by atoms with E-state index in [1.807, 2.05) is 0 Å². The van der Waals surface area contributed by atoms with Crippen LogP contribution in [0, 0.1) is 5.82 Å². The smallest absolute Gasteiger partial charge is 0.387 e. The van der Waals surface area contributed by atoms with E-state index in [2.05, 4.69) is 9.72 Å². The van der Waals surface area contributed by atoms with Crippen LogP contribution < -0.4 is 10.4 Å². The van der Waals surface area contributed by atoms with Gasteiger partial charge in [0, 0.05) is 18.8 Å². The molecule has 1 saturated heterocycles. The fraction of sp³-hybridized carbons (Fsp3) is 0.316. The molecule has 3 heterocycles. The molecule has 2 aromatic heterocycles. The largest absolute Gasteiger partial charge is 0.432 e. The van der Waals surface area contributed by atoms with Gasteiger partial charge in [-0.15, -0.1) is 0 Å². The SMILES string of the molecule is Cn1c(=O)n(CC(=O)N2CC(F)(F)C2)c2cc(-c3ccc(F)c(OC(F)F)c3)cnc21. The number of amides is 1. The molecule has 1 aliphatic heterocycles. The predicted molar refractivity (Wildman–Crippen MR) is 98.5 cm³/mol. The summed E-state index contributed by atoms with van der Waals surface area (Å²) in [5.74, 6) is -5.23. The summed E-state index contributed by atoms with van der Waals surface area (Å²) < 4.78 is 71.2. The predicted octanol–water partition coefficient (Wildman–Crippen LogP) is 2.62. The number of imidazole rings is 1. The average Bonchev–Trinajstić information content (AvgIpc) is 2.91. The zero-order chi connectivity index (χ0) is 22.5. The third kappa shape index (κ3) is 3.84. The Hall–Kier alpha value is -3.44. The van der Waals surface area contributed by atoms with Crippen molar-refractivity contribution in [3.63, 3.8) is 0 Å². The summed E-state index contributed by atoms with van der Waals surface area (Å²) >= 11 is 0. The maximum absolute atomic E-state index is 13.7. The van der Waals surface area contributed by atoms with E-state index in [4.69, 9.17) is 0 Å². The van der Waals surface area contributed by atoms with Gasteiger partial charge in [0.1, 0.15) is 6.54 Å². The zero-order valence-corrected chi connectivity index (χ0v) is 16.0. The summed E-state index contributed by atoms with van der Waals surface area (Å²) in [6, 6.07) is 4.79. The molecule has 3 aromatic rings. The number of aryl methyl sites for hydroxylation is 1. The Balaban J connectivity index is 1.71. The fourth-order valence-electron chi connectivity index (χ4n) is 3.38. The van der Waals surface area contributed by atoms with Crippen LogP contribution in [-0.2, 0) is 18.4 Å². The number of likely N-dealkylation sites (tertiary alicyclic amines) is 1. The second kappa shape index (κ2) is 7.36. The maximum atomic E-state index is 13.7. The summed E-state index contributed by atoms with van der Waals surface area (Å²) in [6.07, 6.45) is 1.35. The lowest BCUT2D eigenvalue weighted by atomic mass is 10.1.